The van der Waals surface area contributed by atoms with Crippen LogP contribution in [0.25, 0.3) is 6.08 Å². The molecule has 0 saturated carbocycles. The van der Waals surface area contributed by atoms with E-state index < -0.39 is 0 Å². The molecule has 0 atom stereocenters. The van der Waals surface area contributed by atoms with Gasteiger partial charge in [-0.1, -0.05) is 22.6 Å². The first kappa shape index (κ1) is 18.5. The molecule has 0 aliphatic carbocycles. The molecule has 8 heteroatoms. The number of hydrogen-bond acceptors (Lipinski definition) is 7. The van der Waals surface area contributed by atoms with Crippen LogP contribution in [0.3, 0.4) is 0 Å². The average Bonchev–Trinajstić information content (AvgIpc) is 2.94. The zero-order valence-electron chi connectivity index (χ0n) is 14.4. The highest BCUT2D eigenvalue weighted by molar-refractivity contribution is 7.17. The maximum atomic E-state index is 12.1. The minimum absolute atomic E-state index is 0.0444. The van der Waals surface area contributed by atoms with E-state index >= 15 is 0 Å². The lowest BCUT2D eigenvalue weighted by atomic mass is 10.2. The van der Waals surface area contributed by atoms with Crippen LogP contribution in [0, 0.1) is 6.92 Å². The van der Waals surface area contributed by atoms with E-state index in [0.29, 0.717) is 16.6 Å². The van der Waals surface area contributed by atoms with E-state index in [1.54, 1.807) is 18.2 Å². The maximum Gasteiger partial charge on any atom is 0.250 e. The van der Waals surface area contributed by atoms with E-state index in [4.69, 9.17) is 9.57 Å². The van der Waals surface area contributed by atoms with Gasteiger partial charge >= 0.3 is 0 Å². The molecule has 1 heterocycles. The van der Waals surface area contributed by atoms with Gasteiger partial charge in [-0.2, -0.15) is 0 Å². The van der Waals surface area contributed by atoms with Crippen molar-refractivity contribution >= 4 is 34.2 Å². The number of rotatable bonds is 6. The number of aromatic hydroxyl groups is 1. The molecule has 2 rings (SSSR count). The number of oxime groups is 1. The van der Waals surface area contributed by atoms with Crippen molar-refractivity contribution in [1.82, 2.24) is 4.98 Å². The van der Waals surface area contributed by atoms with E-state index in [1.807, 2.05) is 13.8 Å². The fourth-order valence-electron chi connectivity index (χ4n) is 2.08. The summed E-state index contributed by atoms with van der Waals surface area (Å²) in [5, 5.41) is 16.6. The van der Waals surface area contributed by atoms with E-state index in [0.717, 1.165) is 16.1 Å². The molecule has 1 aromatic carbocycles. The lowest BCUT2D eigenvalue weighted by Crippen LogP contribution is -2.07. The topological polar surface area (TPSA) is 93.0 Å². The van der Waals surface area contributed by atoms with E-state index in [9.17, 15) is 9.90 Å². The summed E-state index contributed by atoms with van der Waals surface area (Å²) < 4.78 is 5.03. The maximum absolute atomic E-state index is 12.1. The van der Waals surface area contributed by atoms with Gasteiger partial charge in [-0.3, -0.25) is 10.1 Å². The average molecular weight is 361 g/mol. The molecule has 0 radical (unpaired) electrons. The Bertz CT molecular complexity index is 827. The number of amides is 1. The Balaban J connectivity index is 2.08. The Hall–Kier alpha value is -2.87. The monoisotopic (exact) mass is 361 g/mol. The second-order valence-electron chi connectivity index (χ2n) is 5.05. The SMILES string of the molecule is CON=C(C)c1sc(NC(=O)/C=C/c2ccc(O)c(OC)c2)nc1C. The molecular weight excluding hydrogens is 342 g/mol. The first-order chi connectivity index (χ1) is 11.9. The number of thiazole rings is 1. The predicted molar refractivity (Wildman–Crippen MR) is 98.4 cm³/mol. The Kier molecular flexibility index (Phi) is 6.13. The highest BCUT2D eigenvalue weighted by atomic mass is 32.1. The summed E-state index contributed by atoms with van der Waals surface area (Å²) >= 11 is 1.32. The van der Waals surface area contributed by atoms with Gasteiger partial charge in [0.15, 0.2) is 16.6 Å². The summed E-state index contributed by atoms with van der Waals surface area (Å²) in [6.45, 7) is 3.66. The largest absolute Gasteiger partial charge is 0.504 e. The Morgan fingerprint density at radius 3 is 2.84 bits per heavy atom. The normalized spacial score (nSPS) is 11.6. The van der Waals surface area contributed by atoms with Gasteiger partial charge in [0.05, 0.1) is 23.4 Å². The summed E-state index contributed by atoms with van der Waals surface area (Å²) in [5.74, 6) is 0.0762. The fourth-order valence-corrected chi connectivity index (χ4v) is 2.99. The zero-order valence-corrected chi connectivity index (χ0v) is 15.2. The van der Waals surface area contributed by atoms with Gasteiger partial charge in [-0.05, 0) is 37.6 Å². The van der Waals surface area contributed by atoms with Crippen LogP contribution in [0.15, 0.2) is 29.4 Å². The van der Waals surface area contributed by atoms with Crippen LogP contribution >= 0.6 is 11.3 Å². The Labute approximate surface area is 149 Å². The van der Waals surface area contributed by atoms with Crippen molar-refractivity contribution < 1.29 is 19.5 Å². The molecule has 0 unspecified atom stereocenters. The number of aromatic nitrogens is 1. The molecule has 132 valence electrons. The Morgan fingerprint density at radius 1 is 1.40 bits per heavy atom. The first-order valence-corrected chi connectivity index (χ1v) is 8.18. The third-order valence-electron chi connectivity index (χ3n) is 3.21. The number of ether oxygens (including phenoxy) is 1. The number of nitrogens with zero attached hydrogens (tertiary/aromatic N) is 2. The number of benzene rings is 1. The van der Waals surface area contributed by atoms with E-state index in [2.05, 4.69) is 15.5 Å². The minimum Gasteiger partial charge on any atom is -0.504 e. The first-order valence-electron chi connectivity index (χ1n) is 7.36. The third kappa shape index (κ3) is 4.80. The summed E-state index contributed by atoms with van der Waals surface area (Å²) in [6, 6.07) is 4.82. The van der Waals surface area contributed by atoms with Crippen molar-refractivity contribution in [3.05, 3.63) is 40.4 Å². The van der Waals surface area contributed by atoms with Gasteiger partial charge in [0.1, 0.15) is 7.11 Å². The van der Waals surface area contributed by atoms with Gasteiger partial charge < -0.3 is 14.7 Å². The van der Waals surface area contributed by atoms with Crippen molar-refractivity contribution in [2.45, 2.75) is 13.8 Å². The number of methoxy groups -OCH3 is 1. The molecule has 0 aliphatic rings. The highest BCUT2D eigenvalue weighted by Crippen LogP contribution is 2.27. The van der Waals surface area contributed by atoms with Crippen LogP contribution in [0.5, 0.6) is 11.5 Å². The van der Waals surface area contributed by atoms with Gasteiger partial charge in [-0.15, -0.1) is 0 Å². The summed E-state index contributed by atoms with van der Waals surface area (Å²) in [4.78, 5) is 22.0. The number of anilines is 1. The van der Waals surface area contributed by atoms with Crippen LogP contribution in [-0.2, 0) is 9.63 Å². The lowest BCUT2D eigenvalue weighted by molar-refractivity contribution is -0.111. The van der Waals surface area contributed by atoms with Gasteiger partial charge in [0, 0.05) is 6.08 Å². The molecule has 1 aromatic heterocycles. The number of nitrogens with one attached hydrogen (secondary N) is 1. The van der Waals surface area contributed by atoms with Crippen molar-refractivity contribution in [3.63, 3.8) is 0 Å². The lowest BCUT2D eigenvalue weighted by Gasteiger charge is -2.03. The van der Waals surface area contributed by atoms with Gasteiger partial charge in [0.2, 0.25) is 5.91 Å². The van der Waals surface area contributed by atoms with Crippen molar-refractivity contribution in [1.29, 1.82) is 0 Å². The quantitative estimate of drug-likeness (QED) is 0.468. The minimum atomic E-state index is -0.311. The number of aryl methyl sites for hydroxylation is 1. The van der Waals surface area contributed by atoms with Crippen molar-refractivity contribution in [2.75, 3.05) is 19.5 Å². The zero-order chi connectivity index (χ0) is 18.4. The predicted octanol–water partition coefficient (Wildman–Crippen LogP) is 3.19. The molecule has 0 saturated heterocycles. The van der Waals surface area contributed by atoms with Crippen LogP contribution in [0.1, 0.15) is 23.1 Å². The van der Waals surface area contributed by atoms with Gasteiger partial charge in [0.25, 0.3) is 0 Å². The van der Waals surface area contributed by atoms with Crippen LogP contribution in [0.4, 0.5) is 5.13 Å². The Morgan fingerprint density at radius 2 is 2.16 bits per heavy atom. The number of carbonyl (C=O) groups is 1. The fraction of sp³-hybridized carbons (Fsp3) is 0.235. The smallest absolute Gasteiger partial charge is 0.250 e. The molecule has 0 fully saturated rings. The van der Waals surface area contributed by atoms with E-state index in [-0.39, 0.29) is 11.7 Å². The van der Waals surface area contributed by atoms with Crippen molar-refractivity contribution in [3.8, 4) is 11.5 Å². The second kappa shape index (κ2) is 8.29. The third-order valence-corrected chi connectivity index (χ3v) is 4.40. The molecule has 2 N–H and O–H groups in total. The molecular formula is C17H19N3O4S. The summed E-state index contributed by atoms with van der Waals surface area (Å²) in [7, 11) is 2.94. The summed E-state index contributed by atoms with van der Waals surface area (Å²) in [6.07, 6.45) is 3.01. The number of phenols is 1. The summed E-state index contributed by atoms with van der Waals surface area (Å²) in [5.41, 5.74) is 2.19. The molecule has 0 bridgehead atoms. The molecule has 1 amide bonds. The van der Waals surface area contributed by atoms with Crippen LogP contribution in [0.2, 0.25) is 0 Å². The van der Waals surface area contributed by atoms with Crippen LogP contribution < -0.4 is 10.1 Å². The number of phenolic OH excluding ortho intramolecular Hbond substituents is 1. The molecule has 2 aromatic rings. The second-order valence-corrected chi connectivity index (χ2v) is 6.05. The van der Waals surface area contributed by atoms with Crippen molar-refractivity contribution in [2.24, 2.45) is 5.16 Å². The number of carbonyl (C=O) groups excluding carboxylic acids is 1. The molecule has 7 nitrogen and oxygen atoms in total. The van der Waals surface area contributed by atoms with Gasteiger partial charge in [-0.25, -0.2) is 4.98 Å². The highest BCUT2D eigenvalue weighted by Gasteiger charge is 2.12. The standard InChI is InChI=1S/C17H19N3O4S/c1-10-16(11(2)20-24-4)25-17(18-10)19-15(22)8-6-12-5-7-13(21)14(9-12)23-3/h5-9,21H,1-4H3,(H,18,19,22)/b8-6+,20-11?. The van der Waals surface area contributed by atoms with E-state index in [1.165, 1.54) is 37.7 Å². The number of hydrogen-bond donors (Lipinski definition) is 2. The molecule has 0 spiro atoms. The molecule has 25 heavy (non-hydrogen) atoms. The van der Waals surface area contributed by atoms with Crippen LogP contribution in [-0.4, -0.2) is 35.9 Å². The molecule has 0 aliphatic heterocycles.